The first-order valence-electron chi connectivity index (χ1n) is 11.9. The van der Waals surface area contributed by atoms with Crippen LogP contribution in [0, 0.1) is 6.92 Å². The molecular weight excluding hydrogens is 466 g/mol. The van der Waals surface area contributed by atoms with Gasteiger partial charge >= 0.3 is 0 Å². The fourth-order valence-corrected chi connectivity index (χ4v) is 5.81. The molecule has 0 aromatic heterocycles. The van der Waals surface area contributed by atoms with Gasteiger partial charge in [-0.3, -0.25) is 10.0 Å². The van der Waals surface area contributed by atoms with E-state index in [1.807, 2.05) is 39.2 Å². The molecule has 3 rings (SSSR count). The first kappa shape index (κ1) is 28.8. The van der Waals surface area contributed by atoms with Gasteiger partial charge in [0.15, 0.2) is 4.75 Å². The number of hydrogen-bond donors (Lipinski definition) is 3. The largest absolute Gasteiger partial charge is 0.494 e. The summed E-state index contributed by atoms with van der Waals surface area (Å²) >= 11 is 0. The van der Waals surface area contributed by atoms with Crippen molar-refractivity contribution >= 4 is 15.9 Å². The molecule has 0 unspecified atom stereocenters. The number of nitrogens with zero attached hydrogens (tertiary/aromatic N) is 1. The van der Waals surface area contributed by atoms with Crippen molar-refractivity contribution in [2.75, 3.05) is 33.8 Å². The number of ether oxygens (including phenoxy) is 1. The first-order chi connectivity index (χ1) is 16.5. The Balaban J connectivity index is 0.00000137. The van der Waals surface area contributed by atoms with Crippen LogP contribution < -0.4 is 15.5 Å². The van der Waals surface area contributed by atoms with Crippen molar-refractivity contribution in [2.24, 2.45) is 0 Å². The summed E-state index contributed by atoms with van der Waals surface area (Å²) in [6, 6.07) is 14.5. The third-order valence-corrected chi connectivity index (χ3v) is 8.79. The topological polar surface area (TPSA) is 108 Å². The van der Waals surface area contributed by atoms with Crippen molar-refractivity contribution in [3.05, 3.63) is 53.6 Å². The van der Waals surface area contributed by atoms with Crippen molar-refractivity contribution in [3.8, 4) is 16.9 Å². The van der Waals surface area contributed by atoms with Crippen LogP contribution in [0.5, 0.6) is 5.75 Å². The molecule has 1 aliphatic rings. The molecule has 2 aromatic carbocycles. The van der Waals surface area contributed by atoms with Gasteiger partial charge in [0.2, 0.25) is 10.0 Å². The van der Waals surface area contributed by atoms with E-state index in [0.717, 1.165) is 22.4 Å². The van der Waals surface area contributed by atoms with Gasteiger partial charge in [0.05, 0.1) is 6.61 Å². The third kappa shape index (κ3) is 6.61. The lowest BCUT2D eigenvalue weighted by Gasteiger charge is -2.36. The minimum Gasteiger partial charge on any atom is -0.494 e. The number of aryl methyl sites for hydroxylation is 1. The van der Waals surface area contributed by atoms with Crippen LogP contribution in [0.25, 0.3) is 11.1 Å². The SMILES string of the molecule is CCOc1cccc(-c2ccc(C3CCN(S(=O)(=O)C(C)(C)C(=O)NO)CC3)cc2C)c1.CNC. The van der Waals surface area contributed by atoms with E-state index in [4.69, 9.17) is 9.94 Å². The Morgan fingerprint density at radius 2 is 1.77 bits per heavy atom. The highest BCUT2D eigenvalue weighted by Gasteiger charge is 2.46. The molecule has 3 N–H and O–H groups in total. The Hall–Kier alpha value is -2.46. The zero-order valence-electron chi connectivity index (χ0n) is 21.6. The van der Waals surface area contributed by atoms with Crippen LogP contribution in [0.3, 0.4) is 0 Å². The summed E-state index contributed by atoms with van der Waals surface area (Å²) in [6.45, 7) is 7.97. The molecular formula is C26H39N3O5S. The molecule has 0 atom stereocenters. The minimum absolute atomic E-state index is 0.249. The quantitative estimate of drug-likeness (QED) is 0.391. The summed E-state index contributed by atoms with van der Waals surface area (Å²) in [5.41, 5.74) is 6.07. The fourth-order valence-electron chi connectivity index (χ4n) is 4.19. The number of hydroxylamine groups is 1. The number of benzene rings is 2. The maximum Gasteiger partial charge on any atom is 0.265 e. The normalized spacial score (nSPS) is 15.2. The molecule has 1 aliphatic heterocycles. The van der Waals surface area contributed by atoms with Crippen molar-refractivity contribution in [3.63, 3.8) is 0 Å². The van der Waals surface area contributed by atoms with Crippen LogP contribution in [-0.4, -0.2) is 62.4 Å². The van der Waals surface area contributed by atoms with Gasteiger partial charge in [0.25, 0.3) is 5.91 Å². The molecule has 0 spiro atoms. The van der Waals surface area contributed by atoms with Crippen LogP contribution in [0.4, 0.5) is 0 Å². The van der Waals surface area contributed by atoms with Gasteiger partial charge in [-0.2, -0.15) is 0 Å². The zero-order valence-corrected chi connectivity index (χ0v) is 22.4. The van der Waals surface area contributed by atoms with E-state index in [1.165, 1.54) is 29.2 Å². The van der Waals surface area contributed by atoms with Gasteiger partial charge in [0.1, 0.15) is 5.75 Å². The first-order valence-corrected chi connectivity index (χ1v) is 13.3. The highest BCUT2D eigenvalue weighted by atomic mass is 32.2. The molecule has 2 aromatic rings. The Bertz CT molecular complexity index is 1090. The Labute approximate surface area is 209 Å². The molecule has 1 saturated heterocycles. The molecule has 1 heterocycles. The van der Waals surface area contributed by atoms with E-state index in [-0.39, 0.29) is 5.92 Å². The number of carbonyl (C=O) groups is 1. The average molecular weight is 506 g/mol. The summed E-state index contributed by atoms with van der Waals surface area (Å²) in [5, 5.41) is 11.7. The van der Waals surface area contributed by atoms with Crippen LogP contribution in [0.2, 0.25) is 0 Å². The zero-order chi connectivity index (χ0) is 26.2. The van der Waals surface area contributed by atoms with Crippen molar-refractivity contribution < 1.29 is 23.2 Å². The standard InChI is InChI=1S/C24H32N2O5S.C2H7N/c1-5-31-21-8-6-7-20(16-21)22-10-9-19(15-17(22)2)18-11-13-26(14-12-18)32(29,30)24(3,4)23(27)25-28;1-3-2/h6-10,15-16,18,28H,5,11-14H2,1-4H3,(H,25,27);3H,1-2H3. The number of piperidine rings is 1. The summed E-state index contributed by atoms with van der Waals surface area (Å²) in [6.07, 6.45) is 1.35. The summed E-state index contributed by atoms with van der Waals surface area (Å²) in [7, 11) is -0.139. The van der Waals surface area contributed by atoms with Crippen LogP contribution in [-0.2, 0) is 14.8 Å². The van der Waals surface area contributed by atoms with E-state index in [9.17, 15) is 13.2 Å². The number of nitrogens with one attached hydrogen (secondary N) is 2. The lowest BCUT2D eigenvalue weighted by molar-refractivity contribution is -0.131. The van der Waals surface area contributed by atoms with Gasteiger partial charge in [0, 0.05) is 13.1 Å². The van der Waals surface area contributed by atoms with Gasteiger partial charge in [-0.05, 0) is 94.9 Å². The molecule has 0 saturated carbocycles. The molecule has 0 aliphatic carbocycles. The van der Waals surface area contributed by atoms with Crippen molar-refractivity contribution in [2.45, 2.75) is 51.2 Å². The summed E-state index contributed by atoms with van der Waals surface area (Å²) in [4.78, 5) is 11.9. The third-order valence-electron chi connectivity index (χ3n) is 6.27. The van der Waals surface area contributed by atoms with Gasteiger partial charge < -0.3 is 10.1 Å². The number of rotatable bonds is 7. The molecule has 1 amide bonds. The number of amides is 1. The fraction of sp³-hybridized carbons (Fsp3) is 0.500. The predicted octanol–water partition coefficient (Wildman–Crippen LogP) is 3.69. The van der Waals surface area contributed by atoms with E-state index in [0.29, 0.717) is 32.5 Å². The molecule has 8 nitrogen and oxygen atoms in total. The van der Waals surface area contributed by atoms with Gasteiger partial charge in [-0.25, -0.2) is 18.2 Å². The molecule has 1 fully saturated rings. The van der Waals surface area contributed by atoms with Crippen LogP contribution in [0.1, 0.15) is 50.7 Å². The second kappa shape index (κ2) is 12.5. The summed E-state index contributed by atoms with van der Waals surface area (Å²) < 4.78 is 31.1. The van der Waals surface area contributed by atoms with E-state index in [2.05, 4.69) is 36.5 Å². The Morgan fingerprint density at radius 3 is 2.31 bits per heavy atom. The molecule has 0 radical (unpaired) electrons. The monoisotopic (exact) mass is 505 g/mol. The maximum atomic E-state index is 12.9. The second-order valence-electron chi connectivity index (χ2n) is 9.16. The number of sulfonamides is 1. The smallest absolute Gasteiger partial charge is 0.265 e. The predicted molar refractivity (Wildman–Crippen MR) is 139 cm³/mol. The molecule has 0 bridgehead atoms. The number of carbonyl (C=O) groups excluding carboxylic acids is 1. The molecule has 194 valence electrons. The maximum absolute atomic E-state index is 12.9. The van der Waals surface area contributed by atoms with Crippen LogP contribution >= 0.6 is 0 Å². The van der Waals surface area contributed by atoms with E-state index >= 15 is 0 Å². The highest BCUT2D eigenvalue weighted by Crippen LogP contribution is 2.35. The van der Waals surface area contributed by atoms with Crippen LogP contribution in [0.15, 0.2) is 42.5 Å². The lowest BCUT2D eigenvalue weighted by Crippen LogP contribution is -2.54. The van der Waals surface area contributed by atoms with Crippen molar-refractivity contribution in [1.29, 1.82) is 0 Å². The lowest BCUT2D eigenvalue weighted by atomic mass is 9.87. The highest BCUT2D eigenvalue weighted by molar-refractivity contribution is 7.91. The van der Waals surface area contributed by atoms with Gasteiger partial charge in [-0.15, -0.1) is 0 Å². The van der Waals surface area contributed by atoms with E-state index < -0.39 is 20.7 Å². The molecule has 9 heteroatoms. The number of hydrogen-bond acceptors (Lipinski definition) is 6. The van der Waals surface area contributed by atoms with E-state index in [1.54, 1.807) is 0 Å². The summed E-state index contributed by atoms with van der Waals surface area (Å²) in [5.74, 6) is 0.165. The second-order valence-corrected chi connectivity index (χ2v) is 11.7. The molecule has 35 heavy (non-hydrogen) atoms. The van der Waals surface area contributed by atoms with Crippen molar-refractivity contribution in [1.82, 2.24) is 15.1 Å². The Morgan fingerprint density at radius 1 is 1.14 bits per heavy atom. The Kier molecular flexibility index (Phi) is 10.3. The minimum atomic E-state index is -3.89. The average Bonchev–Trinajstić information content (AvgIpc) is 2.84. The van der Waals surface area contributed by atoms with Gasteiger partial charge in [-0.1, -0.05) is 30.3 Å².